The van der Waals surface area contributed by atoms with Gasteiger partial charge in [-0.05, 0) is 37.7 Å². The lowest BCUT2D eigenvalue weighted by Crippen LogP contribution is -2.18. The van der Waals surface area contributed by atoms with Gasteiger partial charge >= 0.3 is 0 Å². The van der Waals surface area contributed by atoms with E-state index in [1.165, 1.54) is 6.07 Å². The molecule has 0 saturated heterocycles. The minimum atomic E-state index is -0.588. The van der Waals surface area contributed by atoms with E-state index in [1.54, 1.807) is 0 Å². The summed E-state index contributed by atoms with van der Waals surface area (Å²) in [5, 5.41) is 15.6. The zero-order valence-electron chi connectivity index (χ0n) is 12.2. The van der Waals surface area contributed by atoms with Gasteiger partial charge in [0.1, 0.15) is 11.9 Å². The highest BCUT2D eigenvalue weighted by molar-refractivity contribution is 6.31. The highest BCUT2D eigenvalue weighted by Gasteiger charge is 2.15. The monoisotopic (exact) mass is 317 g/mol. The number of nitriles is 1. The first-order chi connectivity index (χ1) is 10.7. The molecule has 0 amide bonds. The minimum absolute atomic E-state index is 0.00179. The van der Waals surface area contributed by atoms with Crippen molar-refractivity contribution in [3.63, 3.8) is 0 Å². The van der Waals surface area contributed by atoms with Crippen LogP contribution in [-0.4, -0.2) is 13.6 Å². The van der Waals surface area contributed by atoms with Gasteiger partial charge in [0.15, 0.2) is 0 Å². The van der Waals surface area contributed by atoms with Gasteiger partial charge < -0.3 is 10.6 Å². The van der Waals surface area contributed by atoms with Crippen LogP contribution in [0.1, 0.15) is 23.6 Å². The zero-order valence-corrected chi connectivity index (χ0v) is 13.0. The Morgan fingerprint density at radius 1 is 1.27 bits per heavy atom. The third-order valence-corrected chi connectivity index (χ3v) is 3.69. The van der Waals surface area contributed by atoms with E-state index in [4.69, 9.17) is 11.6 Å². The predicted molar refractivity (Wildman–Crippen MR) is 87.5 cm³/mol. The third-order valence-electron chi connectivity index (χ3n) is 3.40. The molecular formula is C17H17ClFN3. The van der Waals surface area contributed by atoms with E-state index in [0.717, 1.165) is 24.6 Å². The fraction of sp³-hybridized carbons (Fsp3) is 0.235. The van der Waals surface area contributed by atoms with Crippen LogP contribution in [0.2, 0.25) is 5.02 Å². The average Bonchev–Trinajstić information content (AvgIpc) is 2.55. The van der Waals surface area contributed by atoms with Gasteiger partial charge in [0.2, 0.25) is 0 Å². The standard InChI is InChI=1S/C17H17ClFN3/c1-21-8-7-16(12-5-3-2-4-6-12)22-17-10-14(18)15(19)9-13(17)11-20/h2-6,9-10,16,21-22H,7-8H2,1H3/t16-/m1/s1. The maximum absolute atomic E-state index is 13.5. The molecule has 2 rings (SSSR count). The molecule has 0 aliphatic heterocycles. The van der Waals surface area contributed by atoms with Crippen molar-refractivity contribution in [3.8, 4) is 6.07 Å². The summed E-state index contributed by atoms with van der Waals surface area (Å²) in [4.78, 5) is 0. The Bertz CT molecular complexity index is 668. The Kier molecular flexibility index (Phi) is 5.76. The van der Waals surface area contributed by atoms with Crippen molar-refractivity contribution in [1.29, 1.82) is 5.26 Å². The highest BCUT2D eigenvalue weighted by atomic mass is 35.5. The summed E-state index contributed by atoms with van der Waals surface area (Å²) in [6.07, 6.45) is 0.820. The summed E-state index contributed by atoms with van der Waals surface area (Å²) < 4.78 is 13.5. The molecule has 0 unspecified atom stereocenters. The molecule has 0 aromatic heterocycles. The van der Waals surface area contributed by atoms with Gasteiger partial charge in [-0.25, -0.2) is 4.39 Å². The maximum Gasteiger partial charge on any atom is 0.143 e. The zero-order chi connectivity index (χ0) is 15.9. The van der Waals surface area contributed by atoms with Crippen molar-refractivity contribution in [3.05, 3.63) is 64.4 Å². The second-order valence-corrected chi connectivity index (χ2v) is 5.33. The maximum atomic E-state index is 13.5. The van der Waals surface area contributed by atoms with Crippen LogP contribution in [0, 0.1) is 17.1 Å². The summed E-state index contributed by atoms with van der Waals surface area (Å²) in [7, 11) is 1.89. The normalized spacial score (nSPS) is 11.7. The first-order valence-corrected chi connectivity index (χ1v) is 7.38. The second-order valence-electron chi connectivity index (χ2n) is 4.92. The molecule has 0 radical (unpaired) electrons. The van der Waals surface area contributed by atoms with E-state index in [0.29, 0.717) is 5.69 Å². The highest BCUT2D eigenvalue weighted by Crippen LogP contribution is 2.28. The summed E-state index contributed by atoms with van der Waals surface area (Å²) in [5.74, 6) is -0.588. The largest absolute Gasteiger partial charge is 0.377 e. The van der Waals surface area contributed by atoms with Crippen molar-refractivity contribution in [2.75, 3.05) is 18.9 Å². The molecule has 114 valence electrons. The van der Waals surface area contributed by atoms with Gasteiger partial charge in [-0.15, -0.1) is 0 Å². The third kappa shape index (κ3) is 3.97. The quantitative estimate of drug-likeness (QED) is 0.842. The van der Waals surface area contributed by atoms with E-state index in [9.17, 15) is 9.65 Å². The number of anilines is 1. The van der Waals surface area contributed by atoms with E-state index >= 15 is 0 Å². The van der Waals surface area contributed by atoms with Crippen LogP contribution in [-0.2, 0) is 0 Å². The molecule has 0 spiro atoms. The molecule has 0 aliphatic rings. The minimum Gasteiger partial charge on any atom is -0.377 e. The molecular weight excluding hydrogens is 301 g/mol. The number of nitrogens with zero attached hydrogens (tertiary/aromatic N) is 1. The lowest BCUT2D eigenvalue weighted by atomic mass is 10.0. The fourth-order valence-electron chi connectivity index (χ4n) is 2.24. The van der Waals surface area contributed by atoms with E-state index in [1.807, 2.05) is 43.4 Å². The molecule has 0 bridgehead atoms. The Morgan fingerprint density at radius 3 is 2.64 bits per heavy atom. The number of hydrogen-bond donors (Lipinski definition) is 2. The van der Waals surface area contributed by atoms with E-state index in [2.05, 4.69) is 10.6 Å². The Morgan fingerprint density at radius 2 is 2.00 bits per heavy atom. The molecule has 2 aromatic rings. The molecule has 2 aromatic carbocycles. The van der Waals surface area contributed by atoms with Gasteiger partial charge in [-0.2, -0.15) is 5.26 Å². The molecule has 0 saturated carbocycles. The molecule has 0 heterocycles. The van der Waals surface area contributed by atoms with Crippen LogP contribution >= 0.6 is 11.6 Å². The molecule has 5 heteroatoms. The van der Waals surface area contributed by atoms with E-state index < -0.39 is 5.82 Å². The van der Waals surface area contributed by atoms with Crippen LogP contribution in [0.3, 0.4) is 0 Å². The molecule has 0 fully saturated rings. The van der Waals surface area contributed by atoms with Gasteiger partial charge in [-0.3, -0.25) is 0 Å². The number of halogens is 2. The lowest BCUT2D eigenvalue weighted by Gasteiger charge is -2.21. The number of benzene rings is 2. The SMILES string of the molecule is CNCC[C@@H](Nc1cc(Cl)c(F)cc1C#N)c1ccccc1. The summed E-state index contributed by atoms with van der Waals surface area (Å²) in [5.41, 5.74) is 1.88. The van der Waals surface area contributed by atoms with Crippen molar-refractivity contribution in [2.45, 2.75) is 12.5 Å². The van der Waals surface area contributed by atoms with Crippen molar-refractivity contribution in [2.24, 2.45) is 0 Å². The summed E-state index contributed by atoms with van der Waals surface area (Å²) >= 11 is 5.84. The summed E-state index contributed by atoms with van der Waals surface area (Å²) in [6, 6.07) is 14.5. The van der Waals surface area contributed by atoms with E-state index in [-0.39, 0.29) is 16.6 Å². The Hall–Kier alpha value is -2.09. The smallest absolute Gasteiger partial charge is 0.143 e. The molecule has 22 heavy (non-hydrogen) atoms. The Balaban J connectivity index is 2.31. The number of nitrogens with one attached hydrogen (secondary N) is 2. The van der Waals surface area contributed by atoms with Gasteiger partial charge in [-0.1, -0.05) is 41.9 Å². The Labute approximate surface area is 134 Å². The molecule has 3 nitrogen and oxygen atoms in total. The fourth-order valence-corrected chi connectivity index (χ4v) is 2.41. The lowest BCUT2D eigenvalue weighted by molar-refractivity contribution is 0.626. The van der Waals surface area contributed by atoms with Crippen molar-refractivity contribution < 1.29 is 4.39 Å². The van der Waals surface area contributed by atoms with Crippen LogP contribution in [0.25, 0.3) is 0 Å². The number of rotatable bonds is 6. The van der Waals surface area contributed by atoms with Crippen LogP contribution in [0.4, 0.5) is 10.1 Å². The predicted octanol–water partition coefficient (Wildman–Crippen LogP) is 4.11. The van der Waals surface area contributed by atoms with Crippen LogP contribution in [0.5, 0.6) is 0 Å². The molecule has 2 N–H and O–H groups in total. The summed E-state index contributed by atoms with van der Waals surface area (Å²) in [6.45, 7) is 0.809. The molecule has 1 atom stereocenters. The number of hydrogen-bond acceptors (Lipinski definition) is 3. The van der Waals surface area contributed by atoms with Crippen molar-refractivity contribution >= 4 is 17.3 Å². The van der Waals surface area contributed by atoms with Gasteiger partial charge in [0.25, 0.3) is 0 Å². The average molecular weight is 318 g/mol. The van der Waals surface area contributed by atoms with Crippen molar-refractivity contribution in [1.82, 2.24) is 5.32 Å². The van der Waals surface area contributed by atoms with Gasteiger partial charge in [0, 0.05) is 0 Å². The molecule has 0 aliphatic carbocycles. The van der Waals surface area contributed by atoms with Crippen LogP contribution in [0.15, 0.2) is 42.5 Å². The topological polar surface area (TPSA) is 47.8 Å². The van der Waals surface area contributed by atoms with Gasteiger partial charge in [0.05, 0.1) is 22.3 Å². The first kappa shape index (κ1) is 16.3. The van der Waals surface area contributed by atoms with Crippen LogP contribution < -0.4 is 10.6 Å². The second kappa shape index (κ2) is 7.79. The first-order valence-electron chi connectivity index (χ1n) is 7.01.